The van der Waals surface area contributed by atoms with Gasteiger partial charge < -0.3 is 5.32 Å². The third-order valence-corrected chi connectivity index (χ3v) is 2.97. The van der Waals surface area contributed by atoms with Gasteiger partial charge in [-0.3, -0.25) is 0 Å². The Hall–Kier alpha value is -1.05. The number of halogens is 1. The second-order valence-corrected chi connectivity index (χ2v) is 4.14. The molecule has 0 fully saturated rings. The van der Waals surface area contributed by atoms with Crippen LogP contribution in [-0.4, -0.2) is 6.54 Å². The Morgan fingerprint density at radius 1 is 1.50 bits per heavy atom. The van der Waals surface area contributed by atoms with Gasteiger partial charge in [0, 0.05) is 6.54 Å². The molecule has 2 rings (SSSR count). The first kappa shape index (κ1) is 9.50. The van der Waals surface area contributed by atoms with E-state index < -0.39 is 0 Å². The number of benzene rings is 1. The van der Waals surface area contributed by atoms with E-state index >= 15 is 0 Å². The summed E-state index contributed by atoms with van der Waals surface area (Å²) in [6.07, 6.45) is 2.17. The molecule has 76 valence electrons. The van der Waals surface area contributed by atoms with Crippen LogP contribution in [0.25, 0.3) is 0 Å². The molecule has 0 amide bonds. The number of fused-ring (bicyclic) bond motifs is 1. The van der Waals surface area contributed by atoms with Crippen molar-refractivity contribution >= 4 is 5.69 Å². The van der Waals surface area contributed by atoms with E-state index in [2.05, 4.69) is 18.3 Å². The summed E-state index contributed by atoms with van der Waals surface area (Å²) < 4.78 is 13.5. The summed E-state index contributed by atoms with van der Waals surface area (Å²) in [5, 5.41) is 3.18. The maximum Gasteiger partial charge on any atom is 0.146 e. The Labute approximate surface area is 84.3 Å². The van der Waals surface area contributed by atoms with Gasteiger partial charge in [-0.1, -0.05) is 19.4 Å². The van der Waals surface area contributed by atoms with E-state index in [0.717, 1.165) is 36.2 Å². The molecule has 0 saturated carbocycles. The molecule has 14 heavy (non-hydrogen) atoms. The number of nitrogens with one attached hydrogen (secondary N) is 1. The zero-order chi connectivity index (χ0) is 10.1. The highest BCUT2D eigenvalue weighted by atomic mass is 19.1. The van der Waals surface area contributed by atoms with Crippen LogP contribution in [0.3, 0.4) is 0 Å². The minimum absolute atomic E-state index is 0.102. The SMILES string of the molecule is CCC1CNc2c(F)cc(C)cc2C1. The van der Waals surface area contributed by atoms with Gasteiger partial charge in [-0.2, -0.15) is 0 Å². The Morgan fingerprint density at radius 2 is 2.29 bits per heavy atom. The van der Waals surface area contributed by atoms with Gasteiger partial charge in [-0.25, -0.2) is 4.39 Å². The summed E-state index contributed by atoms with van der Waals surface area (Å²) in [6, 6.07) is 3.69. The lowest BCUT2D eigenvalue weighted by molar-refractivity contribution is 0.512. The van der Waals surface area contributed by atoms with Gasteiger partial charge in [-0.15, -0.1) is 0 Å². The molecule has 1 atom stereocenters. The Balaban J connectivity index is 2.37. The monoisotopic (exact) mass is 193 g/mol. The van der Waals surface area contributed by atoms with Crippen LogP contribution in [0.5, 0.6) is 0 Å². The molecule has 0 saturated heterocycles. The van der Waals surface area contributed by atoms with Crippen molar-refractivity contribution in [2.24, 2.45) is 5.92 Å². The van der Waals surface area contributed by atoms with Gasteiger partial charge in [0.1, 0.15) is 5.82 Å². The molecule has 0 aromatic heterocycles. The molecular weight excluding hydrogens is 177 g/mol. The van der Waals surface area contributed by atoms with Crippen molar-refractivity contribution in [3.8, 4) is 0 Å². The highest BCUT2D eigenvalue weighted by Crippen LogP contribution is 2.29. The zero-order valence-corrected chi connectivity index (χ0v) is 8.73. The van der Waals surface area contributed by atoms with Crippen molar-refractivity contribution < 1.29 is 4.39 Å². The van der Waals surface area contributed by atoms with Gasteiger partial charge in [-0.05, 0) is 36.5 Å². The van der Waals surface area contributed by atoms with Crippen LogP contribution in [0.1, 0.15) is 24.5 Å². The molecule has 1 unspecified atom stereocenters. The maximum absolute atomic E-state index is 13.5. The molecule has 2 heteroatoms. The normalized spacial score (nSPS) is 20.1. The molecule has 0 bridgehead atoms. The van der Waals surface area contributed by atoms with Crippen LogP contribution < -0.4 is 5.32 Å². The fourth-order valence-electron chi connectivity index (χ4n) is 2.09. The Kier molecular flexibility index (Phi) is 2.44. The first-order chi connectivity index (χ1) is 6.70. The molecule has 1 nitrogen and oxygen atoms in total. The van der Waals surface area contributed by atoms with E-state index in [1.54, 1.807) is 6.07 Å². The van der Waals surface area contributed by atoms with Gasteiger partial charge >= 0.3 is 0 Å². The summed E-state index contributed by atoms with van der Waals surface area (Å²) in [7, 11) is 0. The minimum Gasteiger partial charge on any atom is -0.382 e. The Bertz CT molecular complexity index is 346. The largest absolute Gasteiger partial charge is 0.382 e. The molecule has 1 aromatic rings. The van der Waals surface area contributed by atoms with Gasteiger partial charge in [0.25, 0.3) is 0 Å². The number of aryl methyl sites for hydroxylation is 1. The highest BCUT2D eigenvalue weighted by molar-refractivity contribution is 5.55. The summed E-state index contributed by atoms with van der Waals surface area (Å²) in [6.45, 7) is 5.03. The summed E-state index contributed by atoms with van der Waals surface area (Å²) in [4.78, 5) is 0. The van der Waals surface area contributed by atoms with E-state index in [4.69, 9.17) is 0 Å². The fraction of sp³-hybridized carbons (Fsp3) is 0.500. The first-order valence-electron chi connectivity index (χ1n) is 5.23. The fourth-order valence-corrected chi connectivity index (χ4v) is 2.09. The average Bonchev–Trinajstić information content (AvgIpc) is 2.16. The summed E-state index contributed by atoms with van der Waals surface area (Å²) in [5.41, 5.74) is 2.88. The average molecular weight is 193 g/mol. The summed E-state index contributed by atoms with van der Waals surface area (Å²) >= 11 is 0. The zero-order valence-electron chi connectivity index (χ0n) is 8.73. The topological polar surface area (TPSA) is 12.0 Å². The summed E-state index contributed by atoms with van der Waals surface area (Å²) in [5.74, 6) is 0.554. The molecule has 1 aliphatic heterocycles. The lowest BCUT2D eigenvalue weighted by atomic mass is 9.91. The van der Waals surface area contributed by atoms with E-state index in [1.807, 2.05) is 6.92 Å². The number of rotatable bonds is 1. The highest BCUT2D eigenvalue weighted by Gasteiger charge is 2.19. The lowest BCUT2D eigenvalue weighted by Crippen LogP contribution is -2.23. The molecule has 0 aliphatic carbocycles. The van der Waals surface area contributed by atoms with Crippen LogP contribution in [0.4, 0.5) is 10.1 Å². The smallest absolute Gasteiger partial charge is 0.146 e. The van der Waals surface area contributed by atoms with Crippen molar-refractivity contribution in [3.05, 3.63) is 29.1 Å². The number of anilines is 1. The van der Waals surface area contributed by atoms with Gasteiger partial charge in [0.05, 0.1) is 5.69 Å². The first-order valence-corrected chi connectivity index (χ1v) is 5.23. The molecule has 1 heterocycles. The van der Waals surface area contributed by atoms with Crippen LogP contribution in [0, 0.1) is 18.7 Å². The van der Waals surface area contributed by atoms with Crippen molar-refractivity contribution in [1.29, 1.82) is 0 Å². The molecular formula is C12H16FN. The molecule has 0 radical (unpaired) electrons. The van der Waals surface area contributed by atoms with Crippen LogP contribution >= 0.6 is 0 Å². The van der Waals surface area contributed by atoms with Gasteiger partial charge in [0.15, 0.2) is 0 Å². The van der Waals surface area contributed by atoms with Crippen LogP contribution in [0.2, 0.25) is 0 Å². The van der Waals surface area contributed by atoms with E-state index in [1.165, 1.54) is 0 Å². The lowest BCUT2D eigenvalue weighted by Gasteiger charge is -2.25. The third kappa shape index (κ3) is 1.61. The number of hydrogen-bond acceptors (Lipinski definition) is 1. The van der Waals surface area contributed by atoms with E-state index in [0.29, 0.717) is 5.92 Å². The predicted octanol–water partition coefficient (Wildman–Crippen LogP) is 3.13. The van der Waals surface area contributed by atoms with E-state index in [9.17, 15) is 4.39 Å². The third-order valence-electron chi connectivity index (χ3n) is 2.97. The van der Waals surface area contributed by atoms with Crippen molar-refractivity contribution in [1.82, 2.24) is 0 Å². The maximum atomic E-state index is 13.5. The van der Waals surface area contributed by atoms with Crippen molar-refractivity contribution in [3.63, 3.8) is 0 Å². The Morgan fingerprint density at radius 3 is 3.00 bits per heavy atom. The quantitative estimate of drug-likeness (QED) is 0.722. The molecule has 0 spiro atoms. The van der Waals surface area contributed by atoms with Crippen molar-refractivity contribution in [2.75, 3.05) is 11.9 Å². The van der Waals surface area contributed by atoms with E-state index in [-0.39, 0.29) is 5.82 Å². The standard InChI is InChI=1S/C12H16FN/c1-3-9-6-10-4-8(2)5-11(13)12(10)14-7-9/h4-5,9,14H,3,6-7H2,1-2H3. The second-order valence-electron chi connectivity index (χ2n) is 4.14. The molecule has 1 aromatic carbocycles. The van der Waals surface area contributed by atoms with Crippen molar-refractivity contribution in [2.45, 2.75) is 26.7 Å². The van der Waals surface area contributed by atoms with Crippen LogP contribution in [0.15, 0.2) is 12.1 Å². The number of hydrogen-bond donors (Lipinski definition) is 1. The molecule has 1 aliphatic rings. The van der Waals surface area contributed by atoms with Gasteiger partial charge in [0.2, 0.25) is 0 Å². The van der Waals surface area contributed by atoms with Crippen LogP contribution in [-0.2, 0) is 6.42 Å². The molecule has 1 N–H and O–H groups in total. The minimum atomic E-state index is -0.102. The predicted molar refractivity (Wildman–Crippen MR) is 57.1 cm³/mol. The second kappa shape index (κ2) is 3.60.